The lowest BCUT2D eigenvalue weighted by Crippen LogP contribution is -2.54. The Morgan fingerprint density at radius 3 is 2.44 bits per heavy atom. The molecule has 0 bridgehead atoms. The van der Waals surface area contributed by atoms with Crippen molar-refractivity contribution in [2.75, 3.05) is 33.4 Å². The number of carbonyl (C=O) groups is 1. The van der Waals surface area contributed by atoms with Crippen LogP contribution < -0.4 is 4.74 Å². The van der Waals surface area contributed by atoms with E-state index in [1.165, 1.54) is 4.31 Å². The molecule has 2 aromatic carbocycles. The van der Waals surface area contributed by atoms with Crippen LogP contribution in [-0.4, -0.2) is 63.0 Å². The standard InChI is InChI=1S/C24H32N2O5S/c1-5-31-24(27)15-21-17-26(32(28,29)23-8-6-18(2)7-9-23)11-10-25(21)16-20-12-19(3)13-22(14-20)30-4/h6-9,12-14,21H,5,10-11,15-17H2,1-4H3. The van der Waals surface area contributed by atoms with Gasteiger partial charge in [-0.3, -0.25) is 9.69 Å². The molecule has 7 nitrogen and oxygen atoms in total. The van der Waals surface area contributed by atoms with Gasteiger partial charge in [0.15, 0.2) is 0 Å². The van der Waals surface area contributed by atoms with E-state index in [1.54, 1.807) is 38.3 Å². The first-order valence-electron chi connectivity index (χ1n) is 10.8. The SMILES string of the molecule is CCOC(=O)CC1CN(S(=O)(=O)c2ccc(C)cc2)CCN1Cc1cc(C)cc(OC)c1. The Morgan fingerprint density at radius 2 is 1.78 bits per heavy atom. The van der Waals surface area contributed by atoms with Gasteiger partial charge in [0.25, 0.3) is 0 Å². The van der Waals surface area contributed by atoms with Crippen molar-refractivity contribution in [2.45, 2.75) is 44.7 Å². The summed E-state index contributed by atoms with van der Waals surface area (Å²) in [6.07, 6.45) is 0.136. The first kappa shape index (κ1) is 24.2. The molecule has 32 heavy (non-hydrogen) atoms. The summed E-state index contributed by atoms with van der Waals surface area (Å²) in [4.78, 5) is 14.7. The third kappa shape index (κ3) is 5.88. The molecule has 1 fully saturated rings. The molecule has 1 saturated heterocycles. The third-order valence-electron chi connectivity index (χ3n) is 5.67. The van der Waals surface area contributed by atoms with Crippen LogP contribution in [0.15, 0.2) is 47.4 Å². The summed E-state index contributed by atoms with van der Waals surface area (Å²) in [5.41, 5.74) is 3.15. The highest BCUT2D eigenvalue weighted by Crippen LogP contribution is 2.25. The summed E-state index contributed by atoms with van der Waals surface area (Å²) in [6.45, 7) is 7.71. The smallest absolute Gasteiger partial charge is 0.307 e. The van der Waals surface area contributed by atoms with Gasteiger partial charge in [0, 0.05) is 32.2 Å². The minimum atomic E-state index is -3.64. The van der Waals surface area contributed by atoms with Crippen molar-refractivity contribution in [1.29, 1.82) is 0 Å². The van der Waals surface area contributed by atoms with E-state index in [-0.39, 0.29) is 29.9 Å². The van der Waals surface area contributed by atoms with Crippen LogP contribution in [0.5, 0.6) is 5.75 Å². The zero-order valence-corrected chi connectivity index (χ0v) is 20.0. The first-order valence-corrected chi connectivity index (χ1v) is 12.3. The Kier molecular flexibility index (Phi) is 7.92. The molecular formula is C24H32N2O5S. The zero-order valence-electron chi connectivity index (χ0n) is 19.2. The van der Waals surface area contributed by atoms with Crippen molar-refractivity contribution in [3.05, 3.63) is 59.2 Å². The number of hydrogen-bond donors (Lipinski definition) is 0. The third-order valence-corrected chi connectivity index (χ3v) is 7.55. The van der Waals surface area contributed by atoms with Gasteiger partial charge in [0.05, 0.1) is 25.0 Å². The largest absolute Gasteiger partial charge is 0.497 e. The van der Waals surface area contributed by atoms with E-state index in [9.17, 15) is 13.2 Å². The molecule has 174 valence electrons. The number of carbonyl (C=O) groups excluding carboxylic acids is 1. The molecule has 0 aromatic heterocycles. The molecule has 1 heterocycles. The first-order chi connectivity index (χ1) is 15.2. The van der Waals surface area contributed by atoms with E-state index in [2.05, 4.69) is 11.0 Å². The zero-order chi connectivity index (χ0) is 23.3. The van der Waals surface area contributed by atoms with E-state index in [4.69, 9.17) is 9.47 Å². The minimum Gasteiger partial charge on any atom is -0.497 e. The second kappa shape index (κ2) is 10.5. The predicted octanol–water partition coefficient (Wildman–Crippen LogP) is 3.14. The fourth-order valence-electron chi connectivity index (χ4n) is 4.02. The highest BCUT2D eigenvalue weighted by atomic mass is 32.2. The number of hydrogen-bond acceptors (Lipinski definition) is 6. The van der Waals surface area contributed by atoms with Crippen molar-refractivity contribution in [3.63, 3.8) is 0 Å². The van der Waals surface area contributed by atoms with Gasteiger partial charge in [0.1, 0.15) is 5.75 Å². The molecule has 8 heteroatoms. The summed E-state index contributed by atoms with van der Waals surface area (Å²) >= 11 is 0. The topological polar surface area (TPSA) is 76.2 Å². The molecule has 1 atom stereocenters. The molecule has 1 aliphatic heterocycles. The number of methoxy groups -OCH3 is 1. The Labute approximate surface area is 191 Å². The van der Waals surface area contributed by atoms with Crippen LogP contribution in [0.2, 0.25) is 0 Å². The van der Waals surface area contributed by atoms with Crippen LogP contribution in [-0.2, 0) is 26.1 Å². The van der Waals surface area contributed by atoms with Crippen molar-refractivity contribution >= 4 is 16.0 Å². The highest BCUT2D eigenvalue weighted by Gasteiger charge is 2.35. The van der Waals surface area contributed by atoms with Gasteiger partial charge in [-0.1, -0.05) is 23.8 Å². The van der Waals surface area contributed by atoms with Gasteiger partial charge >= 0.3 is 5.97 Å². The fourth-order valence-corrected chi connectivity index (χ4v) is 5.49. The molecule has 3 rings (SSSR count). The Bertz CT molecular complexity index is 1040. The molecule has 0 N–H and O–H groups in total. The van der Waals surface area contributed by atoms with Crippen LogP contribution in [0.3, 0.4) is 0 Å². The molecule has 0 spiro atoms. The molecule has 0 saturated carbocycles. The second-order valence-electron chi connectivity index (χ2n) is 8.17. The van der Waals surface area contributed by atoms with Crippen molar-refractivity contribution < 1.29 is 22.7 Å². The predicted molar refractivity (Wildman–Crippen MR) is 123 cm³/mol. The van der Waals surface area contributed by atoms with Crippen LogP contribution in [0.25, 0.3) is 0 Å². The Hall–Kier alpha value is -2.42. The van der Waals surface area contributed by atoms with E-state index in [0.717, 1.165) is 22.4 Å². The number of benzene rings is 2. The van der Waals surface area contributed by atoms with Crippen molar-refractivity contribution in [1.82, 2.24) is 9.21 Å². The summed E-state index contributed by atoms with van der Waals surface area (Å²) in [5, 5.41) is 0. The minimum absolute atomic E-state index is 0.136. The number of rotatable bonds is 8. The molecule has 1 aliphatic rings. The summed E-state index contributed by atoms with van der Waals surface area (Å²) < 4.78 is 38.5. The highest BCUT2D eigenvalue weighted by molar-refractivity contribution is 7.89. The van der Waals surface area contributed by atoms with Crippen LogP contribution in [0.4, 0.5) is 0 Å². The molecular weight excluding hydrogens is 428 g/mol. The summed E-state index contributed by atoms with van der Waals surface area (Å²) in [6, 6.07) is 12.6. The molecule has 0 amide bonds. The fraction of sp³-hybridized carbons (Fsp3) is 0.458. The lowest BCUT2D eigenvalue weighted by Gasteiger charge is -2.40. The summed E-state index contributed by atoms with van der Waals surface area (Å²) in [7, 11) is -2.00. The Balaban J connectivity index is 1.82. The quantitative estimate of drug-likeness (QED) is 0.564. The second-order valence-corrected chi connectivity index (χ2v) is 10.1. The average molecular weight is 461 g/mol. The maximum absolute atomic E-state index is 13.2. The number of esters is 1. The van der Waals surface area contributed by atoms with E-state index in [1.807, 2.05) is 26.0 Å². The molecule has 2 aromatic rings. The molecule has 0 radical (unpaired) electrons. The lowest BCUT2D eigenvalue weighted by molar-refractivity contribution is -0.145. The van der Waals surface area contributed by atoms with Gasteiger partial charge in [0.2, 0.25) is 10.0 Å². The van der Waals surface area contributed by atoms with E-state index in [0.29, 0.717) is 26.2 Å². The number of nitrogens with zero attached hydrogens (tertiary/aromatic N) is 2. The van der Waals surface area contributed by atoms with Gasteiger partial charge in [-0.25, -0.2) is 8.42 Å². The monoisotopic (exact) mass is 460 g/mol. The number of sulfonamides is 1. The average Bonchev–Trinajstić information content (AvgIpc) is 2.75. The van der Waals surface area contributed by atoms with E-state index < -0.39 is 10.0 Å². The van der Waals surface area contributed by atoms with Crippen LogP contribution in [0, 0.1) is 13.8 Å². The van der Waals surface area contributed by atoms with Crippen molar-refractivity contribution in [2.24, 2.45) is 0 Å². The van der Waals surface area contributed by atoms with Gasteiger partial charge < -0.3 is 9.47 Å². The van der Waals surface area contributed by atoms with Crippen molar-refractivity contribution in [3.8, 4) is 5.75 Å². The molecule has 0 aliphatic carbocycles. The Morgan fingerprint density at radius 1 is 1.06 bits per heavy atom. The normalized spacial score (nSPS) is 17.8. The maximum Gasteiger partial charge on any atom is 0.307 e. The van der Waals surface area contributed by atoms with E-state index >= 15 is 0 Å². The van der Waals surface area contributed by atoms with Crippen LogP contribution in [0.1, 0.15) is 30.0 Å². The molecule has 1 unspecified atom stereocenters. The summed E-state index contributed by atoms with van der Waals surface area (Å²) in [5.74, 6) is 0.460. The lowest BCUT2D eigenvalue weighted by atomic mass is 10.1. The van der Waals surface area contributed by atoms with Gasteiger partial charge in [-0.2, -0.15) is 4.31 Å². The maximum atomic E-state index is 13.2. The number of piperazine rings is 1. The van der Waals surface area contributed by atoms with Gasteiger partial charge in [-0.15, -0.1) is 0 Å². The van der Waals surface area contributed by atoms with Gasteiger partial charge in [-0.05, 0) is 56.2 Å². The van der Waals surface area contributed by atoms with Crippen LogP contribution >= 0.6 is 0 Å². The number of aryl methyl sites for hydroxylation is 2. The number of ether oxygens (including phenoxy) is 2.